The van der Waals surface area contributed by atoms with Crippen molar-refractivity contribution in [3.8, 4) is 0 Å². The summed E-state index contributed by atoms with van der Waals surface area (Å²) in [4.78, 5) is 51.4. The molecule has 1 saturated heterocycles. The molecule has 4 amide bonds. The summed E-state index contributed by atoms with van der Waals surface area (Å²) in [6.07, 6.45) is 2.07. The maximum Gasteiger partial charge on any atom is 0.410 e. The zero-order valence-electron chi connectivity index (χ0n) is 18.2. The number of nitrogens with two attached hydrogens (primary N) is 1. The highest BCUT2D eigenvalue weighted by atomic mass is 16.6. The highest BCUT2D eigenvalue weighted by Crippen LogP contribution is 2.19. The van der Waals surface area contributed by atoms with Crippen molar-refractivity contribution in [2.24, 2.45) is 17.6 Å². The van der Waals surface area contributed by atoms with Crippen LogP contribution in [-0.4, -0.2) is 60.0 Å². The molecule has 0 aromatic carbocycles. The summed E-state index contributed by atoms with van der Waals surface area (Å²) in [7, 11) is 0. The highest BCUT2D eigenvalue weighted by Gasteiger charge is 2.36. The van der Waals surface area contributed by atoms with Crippen molar-refractivity contribution >= 4 is 23.8 Å². The van der Waals surface area contributed by atoms with E-state index in [1.165, 1.54) is 4.90 Å². The van der Waals surface area contributed by atoms with E-state index in [-0.39, 0.29) is 18.4 Å². The van der Waals surface area contributed by atoms with E-state index in [1.54, 1.807) is 6.92 Å². The van der Waals surface area contributed by atoms with Crippen LogP contribution in [-0.2, 0) is 19.1 Å². The van der Waals surface area contributed by atoms with E-state index in [9.17, 15) is 19.2 Å². The summed E-state index contributed by atoms with van der Waals surface area (Å²) >= 11 is 0. The quantitative estimate of drug-likeness (QED) is 0.548. The van der Waals surface area contributed by atoms with Crippen molar-refractivity contribution in [1.82, 2.24) is 15.5 Å². The second-order valence-electron chi connectivity index (χ2n) is 7.90. The van der Waals surface area contributed by atoms with Gasteiger partial charge in [0.1, 0.15) is 12.1 Å². The van der Waals surface area contributed by atoms with Gasteiger partial charge in [0.15, 0.2) is 0 Å². The Morgan fingerprint density at radius 3 is 2.31 bits per heavy atom. The summed E-state index contributed by atoms with van der Waals surface area (Å²) in [5, 5.41) is 5.06. The van der Waals surface area contributed by atoms with Gasteiger partial charge in [-0.25, -0.2) is 4.79 Å². The molecule has 1 rings (SSSR count). The van der Waals surface area contributed by atoms with Crippen LogP contribution in [0.25, 0.3) is 0 Å². The third-order valence-corrected chi connectivity index (χ3v) is 5.37. The molecule has 0 aliphatic carbocycles. The largest absolute Gasteiger partial charge is 0.450 e. The Balaban J connectivity index is 2.87. The molecule has 29 heavy (non-hydrogen) atoms. The Bertz CT molecular complexity index is 595. The lowest BCUT2D eigenvalue weighted by Gasteiger charge is -2.34. The molecule has 4 atom stereocenters. The number of carbonyl (C=O) groups excluding carboxylic acids is 4. The number of rotatable bonds is 8. The average Bonchev–Trinajstić information content (AvgIpc) is 2.70. The zero-order chi connectivity index (χ0) is 22.1. The smallest absolute Gasteiger partial charge is 0.410 e. The predicted octanol–water partition coefficient (Wildman–Crippen LogP) is 1.15. The van der Waals surface area contributed by atoms with Crippen molar-refractivity contribution in [1.29, 1.82) is 0 Å². The fraction of sp³-hybridized carbons (Fsp3) is 0.800. The van der Waals surface area contributed by atoms with Gasteiger partial charge >= 0.3 is 6.09 Å². The molecule has 9 heteroatoms. The number of hydrogen-bond donors (Lipinski definition) is 3. The second-order valence-corrected chi connectivity index (χ2v) is 7.90. The van der Waals surface area contributed by atoms with E-state index in [0.29, 0.717) is 19.4 Å². The zero-order valence-corrected chi connectivity index (χ0v) is 18.2. The summed E-state index contributed by atoms with van der Waals surface area (Å²) in [5.74, 6) is -1.86. The molecule has 1 aliphatic heterocycles. The highest BCUT2D eigenvalue weighted by molar-refractivity contribution is 6.02. The van der Waals surface area contributed by atoms with E-state index >= 15 is 0 Å². The first-order valence-electron chi connectivity index (χ1n) is 10.5. The Morgan fingerprint density at radius 2 is 1.76 bits per heavy atom. The molecule has 9 nitrogen and oxygen atoms in total. The lowest BCUT2D eigenvalue weighted by molar-refractivity contribution is -0.138. The minimum atomic E-state index is -0.888. The number of ether oxygens (including phenoxy) is 1. The van der Waals surface area contributed by atoms with Crippen molar-refractivity contribution in [2.45, 2.75) is 78.4 Å². The first-order chi connectivity index (χ1) is 13.6. The molecular weight excluding hydrogens is 376 g/mol. The number of nitrogens with zero attached hydrogens (tertiary/aromatic N) is 1. The van der Waals surface area contributed by atoms with Crippen LogP contribution in [0.15, 0.2) is 0 Å². The Labute approximate surface area is 173 Å². The molecule has 0 saturated carbocycles. The van der Waals surface area contributed by atoms with E-state index in [0.717, 1.165) is 12.8 Å². The van der Waals surface area contributed by atoms with Crippen LogP contribution in [0, 0.1) is 11.8 Å². The van der Waals surface area contributed by atoms with Crippen LogP contribution in [0.3, 0.4) is 0 Å². The Kier molecular flexibility index (Phi) is 10.1. The number of nitrogens with one attached hydrogen (secondary N) is 2. The van der Waals surface area contributed by atoms with Crippen LogP contribution in [0.5, 0.6) is 0 Å². The maximum atomic E-state index is 12.8. The fourth-order valence-electron chi connectivity index (χ4n) is 3.17. The number of piperidine rings is 1. The van der Waals surface area contributed by atoms with E-state index in [1.807, 2.05) is 27.7 Å². The summed E-state index contributed by atoms with van der Waals surface area (Å²) in [5.41, 5.74) is 5.88. The van der Waals surface area contributed by atoms with E-state index in [4.69, 9.17) is 10.5 Å². The predicted molar refractivity (Wildman–Crippen MR) is 109 cm³/mol. The molecule has 4 N–H and O–H groups in total. The van der Waals surface area contributed by atoms with Gasteiger partial charge in [-0.15, -0.1) is 0 Å². The van der Waals surface area contributed by atoms with Gasteiger partial charge in [0, 0.05) is 6.54 Å². The van der Waals surface area contributed by atoms with Gasteiger partial charge in [-0.1, -0.05) is 34.1 Å². The molecule has 1 heterocycles. The topological polar surface area (TPSA) is 131 Å². The van der Waals surface area contributed by atoms with Gasteiger partial charge in [-0.2, -0.15) is 0 Å². The van der Waals surface area contributed by atoms with Gasteiger partial charge in [0.05, 0.1) is 12.6 Å². The van der Waals surface area contributed by atoms with Gasteiger partial charge in [-0.05, 0) is 38.0 Å². The maximum absolute atomic E-state index is 12.8. The first-order valence-corrected chi connectivity index (χ1v) is 10.5. The number of imide groups is 1. The number of carbonyl (C=O) groups is 4. The van der Waals surface area contributed by atoms with Crippen molar-refractivity contribution in [2.75, 3.05) is 13.2 Å². The van der Waals surface area contributed by atoms with Crippen LogP contribution < -0.4 is 16.4 Å². The molecule has 1 unspecified atom stereocenters. The normalized spacial score (nSPS) is 19.8. The molecule has 166 valence electrons. The Hall–Kier alpha value is -2.16. The lowest BCUT2D eigenvalue weighted by Crippen LogP contribution is -2.59. The van der Waals surface area contributed by atoms with Crippen LogP contribution in [0.1, 0.15) is 60.3 Å². The molecule has 0 radical (unpaired) electrons. The molecule has 1 fully saturated rings. The van der Waals surface area contributed by atoms with Gasteiger partial charge in [0.2, 0.25) is 17.7 Å². The average molecular weight is 413 g/mol. The van der Waals surface area contributed by atoms with Crippen LogP contribution in [0.2, 0.25) is 0 Å². The third-order valence-electron chi connectivity index (χ3n) is 5.37. The van der Waals surface area contributed by atoms with Gasteiger partial charge in [0.25, 0.3) is 0 Å². The third kappa shape index (κ3) is 6.99. The van der Waals surface area contributed by atoms with Crippen molar-refractivity contribution < 1.29 is 23.9 Å². The monoisotopic (exact) mass is 412 g/mol. The Morgan fingerprint density at radius 1 is 1.10 bits per heavy atom. The molecule has 0 spiro atoms. The molecule has 1 aliphatic rings. The molecular formula is C20H36N4O5. The van der Waals surface area contributed by atoms with Crippen LogP contribution >= 0.6 is 0 Å². The van der Waals surface area contributed by atoms with Crippen LogP contribution in [0.4, 0.5) is 4.79 Å². The summed E-state index contributed by atoms with van der Waals surface area (Å²) in [6.45, 7) is 9.66. The molecule has 0 aromatic rings. The van der Waals surface area contributed by atoms with Gasteiger partial charge in [-0.3, -0.25) is 24.6 Å². The fourth-order valence-corrected chi connectivity index (χ4v) is 3.17. The van der Waals surface area contributed by atoms with Crippen molar-refractivity contribution in [3.63, 3.8) is 0 Å². The number of amides is 4. The van der Waals surface area contributed by atoms with E-state index < -0.39 is 41.9 Å². The summed E-state index contributed by atoms with van der Waals surface area (Å²) < 4.78 is 5.02. The second kappa shape index (κ2) is 11.7. The first kappa shape index (κ1) is 24.9. The number of hydrogen-bond acceptors (Lipinski definition) is 6. The molecule has 0 aromatic heterocycles. The van der Waals surface area contributed by atoms with Gasteiger partial charge < -0.3 is 15.8 Å². The molecule has 0 bridgehead atoms. The number of likely N-dealkylation sites (tertiary alicyclic amines) is 1. The summed E-state index contributed by atoms with van der Waals surface area (Å²) in [6, 6.07) is -2.40. The minimum absolute atomic E-state index is 0.0855. The minimum Gasteiger partial charge on any atom is -0.450 e. The SMILES string of the molecule is CCOC(=O)N1CCCCC1C(=O)NC(=O)[C@@H](NC(=O)[C@@H](N)C(C)C)[C@@H](C)CC. The van der Waals surface area contributed by atoms with E-state index in [2.05, 4.69) is 10.6 Å². The van der Waals surface area contributed by atoms with Crippen molar-refractivity contribution in [3.05, 3.63) is 0 Å². The lowest BCUT2D eigenvalue weighted by atomic mass is 9.96. The standard InChI is InChI=1S/C20H36N4O5/c1-6-13(5)16(22-18(26)15(21)12(3)4)19(27)23-17(25)14-10-8-9-11-24(14)20(28)29-7-2/h12-16H,6-11,21H2,1-5H3,(H,22,26)(H,23,25,27)/t13-,14?,15-,16-/m0/s1.